The monoisotopic (exact) mass is 456 g/mol. The molecule has 1 atom stereocenters. The Morgan fingerprint density at radius 1 is 1.23 bits per heavy atom. The van der Waals surface area contributed by atoms with Crippen molar-refractivity contribution in [3.8, 4) is 0 Å². The number of fused-ring (bicyclic) bond motifs is 1. The van der Waals surface area contributed by atoms with Gasteiger partial charge in [0, 0.05) is 43.1 Å². The van der Waals surface area contributed by atoms with Gasteiger partial charge in [-0.3, -0.25) is 5.32 Å². The van der Waals surface area contributed by atoms with E-state index in [9.17, 15) is 19.0 Å². The highest BCUT2D eigenvalue weighted by molar-refractivity contribution is 7.15. The predicted octanol–water partition coefficient (Wildman–Crippen LogP) is 2.18. The van der Waals surface area contributed by atoms with Gasteiger partial charge in [-0.05, 0) is 25.7 Å². The molecule has 0 saturated heterocycles. The molecule has 0 radical (unpaired) electrons. The number of thiazole rings is 1. The number of hydrogen-bond acceptors (Lipinski definition) is 10. The summed E-state index contributed by atoms with van der Waals surface area (Å²) in [7, 11) is 0. The Labute approximate surface area is 181 Å². The minimum absolute atomic E-state index is 0.0839. The first-order valence-corrected chi connectivity index (χ1v) is 11.5. The van der Waals surface area contributed by atoms with Crippen LogP contribution in [0, 0.1) is 0 Å². The topological polar surface area (TPSA) is 120 Å². The van der Waals surface area contributed by atoms with Crippen LogP contribution in [-0.4, -0.2) is 56.3 Å². The number of alkyl halides is 2. The molecule has 2 fully saturated rings. The molecule has 9 nitrogen and oxygen atoms in total. The Balaban J connectivity index is 1.18. The number of anilines is 2. The Kier molecular flexibility index (Phi) is 5.35. The second-order valence-corrected chi connectivity index (χ2v) is 9.86. The molecule has 3 heterocycles. The van der Waals surface area contributed by atoms with Gasteiger partial charge in [0.05, 0.1) is 17.8 Å². The molecule has 1 unspecified atom stereocenters. The number of hydrogen-bond donors (Lipinski definition) is 4. The van der Waals surface area contributed by atoms with Gasteiger partial charge < -0.3 is 25.0 Å². The van der Waals surface area contributed by atoms with Crippen molar-refractivity contribution < 1.29 is 23.5 Å². The van der Waals surface area contributed by atoms with E-state index in [1.54, 1.807) is 0 Å². The standard InChI is InChI=1S/C19H26F2N6O3S/c20-19(21)4-1-11(2-5-19)14-24-17(30-26-14)27-8-3-12-13(9-27)31-16(23-12)25-15(28)22-10-18(29)6-7-18/h11,15,22,28-29H,1-10H2,(H,23,25). The summed E-state index contributed by atoms with van der Waals surface area (Å²) in [6.45, 7) is 1.55. The number of nitrogens with zero attached hydrogens (tertiary/aromatic N) is 4. The van der Waals surface area contributed by atoms with E-state index in [-0.39, 0.29) is 18.8 Å². The molecule has 0 amide bonds. The molecular formula is C19H26F2N6O3S. The van der Waals surface area contributed by atoms with Crippen LogP contribution in [0.4, 0.5) is 19.9 Å². The van der Waals surface area contributed by atoms with Crippen LogP contribution in [0.15, 0.2) is 4.52 Å². The van der Waals surface area contributed by atoms with Crippen molar-refractivity contribution in [2.75, 3.05) is 23.3 Å². The van der Waals surface area contributed by atoms with Gasteiger partial charge in [0.15, 0.2) is 17.3 Å². The fourth-order valence-corrected chi connectivity index (χ4v) is 5.06. The molecule has 0 aromatic carbocycles. The fraction of sp³-hybridized carbons (Fsp3) is 0.737. The zero-order chi connectivity index (χ0) is 21.6. The number of halogens is 2. The lowest BCUT2D eigenvalue weighted by Crippen LogP contribution is -2.41. The lowest BCUT2D eigenvalue weighted by atomic mass is 9.86. The smallest absolute Gasteiger partial charge is 0.324 e. The lowest BCUT2D eigenvalue weighted by Gasteiger charge is -2.26. The molecule has 1 aliphatic heterocycles. The molecule has 0 bridgehead atoms. The zero-order valence-electron chi connectivity index (χ0n) is 17.0. The zero-order valence-corrected chi connectivity index (χ0v) is 17.8. The number of aromatic nitrogens is 3. The first kappa shape index (κ1) is 21.0. The first-order valence-electron chi connectivity index (χ1n) is 10.6. The third-order valence-electron chi connectivity index (χ3n) is 6.23. The van der Waals surface area contributed by atoms with Gasteiger partial charge in [-0.25, -0.2) is 13.8 Å². The number of rotatable bonds is 7. The van der Waals surface area contributed by atoms with E-state index in [1.165, 1.54) is 11.3 Å². The Morgan fingerprint density at radius 3 is 2.74 bits per heavy atom. The fourth-order valence-electron chi connectivity index (χ4n) is 4.02. The van der Waals surface area contributed by atoms with Crippen molar-refractivity contribution in [3.63, 3.8) is 0 Å². The number of aliphatic hydroxyl groups is 2. The first-order chi connectivity index (χ1) is 14.8. The molecular weight excluding hydrogens is 430 g/mol. The predicted molar refractivity (Wildman–Crippen MR) is 109 cm³/mol. The molecule has 12 heteroatoms. The van der Waals surface area contributed by atoms with Gasteiger partial charge in [0.2, 0.25) is 5.92 Å². The molecule has 5 rings (SSSR count). The quantitative estimate of drug-likeness (QED) is 0.465. The molecule has 3 aliphatic rings. The van der Waals surface area contributed by atoms with Crippen LogP contribution in [0.1, 0.15) is 60.8 Å². The highest BCUT2D eigenvalue weighted by atomic mass is 32.1. The van der Waals surface area contributed by atoms with Gasteiger partial charge in [-0.2, -0.15) is 4.98 Å². The van der Waals surface area contributed by atoms with E-state index in [4.69, 9.17) is 4.52 Å². The lowest BCUT2D eigenvalue weighted by molar-refractivity contribution is -0.0389. The summed E-state index contributed by atoms with van der Waals surface area (Å²) < 4.78 is 32.2. The van der Waals surface area contributed by atoms with Crippen molar-refractivity contribution in [2.24, 2.45) is 0 Å². The van der Waals surface area contributed by atoms with Crippen molar-refractivity contribution in [3.05, 3.63) is 16.4 Å². The molecule has 2 aromatic heterocycles. The highest BCUT2D eigenvalue weighted by Gasteiger charge is 2.40. The highest BCUT2D eigenvalue weighted by Crippen LogP contribution is 2.40. The summed E-state index contributed by atoms with van der Waals surface area (Å²) >= 11 is 1.45. The molecule has 2 aromatic rings. The summed E-state index contributed by atoms with van der Waals surface area (Å²) in [5, 5.41) is 30.4. The van der Waals surface area contributed by atoms with Crippen LogP contribution in [0.5, 0.6) is 0 Å². The molecule has 0 spiro atoms. The molecule has 170 valence electrons. The SMILES string of the molecule is OC(NCC1(O)CC1)Nc1nc2c(s1)CN(c1nc(C3CCC(F)(F)CC3)no1)CC2. The van der Waals surface area contributed by atoms with Crippen LogP contribution in [-0.2, 0) is 13.0 Å². The van der Waals surface area contributed by atoms with Crippen molar-refractivity contribution in [1.82, 2.24) is 20.4 Å². The second kappa shape index (κ2) is 7.91. The van der Waals surface area contributed by atoms with Crippen LogP contribution in [0.3, 0.4) is 0 Å². The maximum absolute atomic E-state index is 13.4. The van der Waals surface area contributed by atoms with Gasteiger partial charge in [0.1, 0.15) is 0 Å². The summed E-state index contributed by atoms with van der Waals surface area (Å²) in [5.41, 5.74) is 0.276. The van der Waals surface area contributed by atoms with Crippen LogP contribution >= 0.6 is 11.3 Å². The molecule has 2 aliphatic carbocycles. The normalized spacial score (nSPS) is 23.4. The average Bonchev–Trinajstić information content (AvgIpc) is 3.13. The van der Waals surface area contributed by atoms with E-state index in [0.717, 1.165) is 23.4 Å². The van der Waals surface area contributed by atoms with Gasteiger partial charge in [-0.1, -0.05) is 16.5 Å². The summed E-state index contributed by atoms with van der Waals surface area (Å²) in [5.74, 6) is -2.15. The van der Waals surface area contributed by atoms with Crippen LogP contribution < -0.4 is 15.5 Å². The van der Waals surface area contributed by atoms with E-state index in [0.29, 0.717) is 55.9 Å². The summed E-state index contributed by atoms with van der Waals surface area (Å²) in [4.78, 5) is 12.0. The van der Waals surface area contributed by atoms with E-state index in [1.807, 2.05) is 4.90 Å². The van der Waals surface area contributed by atoms with Crippen LogP contribution in [0.25, 0.3) is 0 Å². The molecule has 2 saturated carbocycles. The average molecular weight is 457 g/mol. The van der Waals surface area contributed by atoms with Gasteiger partial charge in [-0.15, -0.1) is 0 Å². The summed E-state index contributed by atoms with van der Waals surface area (Å²) in [6.07, 6.45) is 1.68. The van der Waals surface area contributed by atoms with Gasteiger partial charge in [0.25, 0.3) is 0 Å². The third-order valence-corrected chi connectivity index (χ3v) is 7.24. The molecule has 4 N–H and O–H groups in total. The van der Waals surface area contributed by atoms with E-state index in [2.05, 4.69) is 25.8 Å². The van der Waals surface area contributed by atoms with Crippen LogP contribution in [0.2, 0.25) is 0 Å². The Morgan fingerprint density at radius 2 is 2.00 bits per heavy atom. The van der Waals surface area contributed by atoms with Crippen molar-refractivity contribution in [2.45, 2.75) is 75.3 Å². The third kappa shape index (κ3) is 4.81. The largest absolute Gasteiger partial charge is 0.389 e. The van der Waals surface area contributed by atoms with E-state index >= 15 is 0 Å². The Bertz CT molecular complexity index is 924. The van der Waals surface area contributed by atoms with Gasteiger partial charge >= 0.3 is 6.01 Å². The second-order valence-electron chi connectivity index (χ2n) is 8.78. The van der Waals surface area contributed by atoms with Crippen molar-refractivity contribution in [1.29, 1.82) is 0 Å². The maximum Gasteiger partial charge on any atom is 0.324 e. The maximum atomic E-state index is 13.4. The number of aliphatic hydroxyl groups excluding tert-OH is 1. The summed E-state index contributed by atoms with van der Waals surface area (Å²) in [6, 6.07) is 0.403. The van der Waals surface area contributed by atoms with E-state index < -0.39 is 17.9 Å². The minimum Gasteiger partial charge on any atom is -0.389 e. The molecule has 31 heavy (non-hydrogen) atoms. The van der Waals surface area contributed by atoms with Crippen molar-refractivity contribution >= 4 is 22.5 Å². The Hall–Kier alpha value is -1.89. The number of nitrogens with one attached hydrogen (secondary N) is 2. The minimum atomic E-state index is -2.58.